The molecule has 0 aliphatic carbocycles. The van der Waals surface area contributed by atoms with E-state index in [1.807, 2.05) is 6.07 Å². The summed E-state index contributed by atoms with van der Waals surface area (Å²) < 4.78 is 11.2. The maximum Gasteiger partial charge on any atom is 0.179 e. The molecule has 3 nitrogen and oxygen atoms in total. The number of benzene rings is 9. The first kappa shape index (κ1) is 34.4. The van der Waals surface area contributed by atoms with Gasteiger partial charge in [0.25, 0.3) is 0 Å². The van der Waals surface area contributed by atoms with E-state index in [2.05, 4.69) is 234 Å². The predicted octanol–water partition coefficient (Wildman–Crippen LogP) is 11.7. The molecule has 0 fully saturated rings. The average Bonchev–Trinajstić information content (AvgIpc) is 3.98. The number of nitrogens with zero attached hydrogens (tertiary/aromatic N) is 2. The number of hydrogen-bond acceptors (Lipinski definition) is 1. The van der Waals surface area contributed by atoms with Gasteiger partial charge in [0.1, 0.15) is 11.1 Å². The van der Waals surface area contributed by atoms with Gasteiger partial charge in [0.2, 0.25) is 0 Å². The Morgan fingerprint density at radius 2 is 0.767 bits per heavy atom. The fourth-order valence-corrected chi connectivity index (χ4v) is 14.6. The van der Waals surface area contributed by atoms with Crippen LogP contribution in [-0.4, -0.2) is 17.2 Å². The summed E-state index contributed by atoms with van der Waals surface area (Å²) in [5, 5.41) is 10.2. The predicted molar refractivity (Wildman–Crippen MR) is 254 cm³/mol. The third kappa shape index (κ3) is 5.14. The maximum atomic E-state index is 6.44. The topological polar surface area (TPSA) is 23.0 Å². The van der Waals surface area contributed by atoms with Crippen molar-refractivity contribution in [1.29, 1.82) is 0 Å². The second-order valence-electron chi connectivity index (χ2n) is 15.7. The lowest BCUT2D eigenvalue weighted by Crippen LogP contribution is -2.74. The highest BCUT2D eigenvalue weighted by atomic mass is 28.3. The van der Waals surface area contributed by atoms with E-state index in [1.165, 1.54) is 53.7 Å². The second-order valence-corrected chi connectivity index (χ2v) is 19.5. The molecule has 12 rings (SSSR count). The van der Waals surface area contributed by atoms with E-state index in [0.717, 1.165) is 44.3 Å². The first-order chi connectivity index (χ1) is 29.8. The van der Waals surface area contributed by atoms with Crippen LogP contribution >= 0.6 is 0 Å². The molecule has 9 aromatic carbocycles. The minimum absolute atomic E-state index is 0.905. The molecule has 0 aliphatic heterocycles. The van der Waals surface area contributed by atoms with Gasteiger partial charge in [0.05, 0.1) is 16.6 Å². The molecule has 0 radical (unpaired) electrons. The summed E-state index contributed by atoms with van der Waals surface area (Å²) >= 11 is 0. The fraction of sp³-hybridized carbons (Fsp3) is 0. The van der Waals surface area contributed by atoms with E-state index in [1.54, 1.807) is 0 Å². The molecular weight excluding hydrogens is 745 g/mol. The van der Waals surface area contributed by atoms with E-state index in [-0.39, 0.29) is 0 Å². The van der Waals surface area contributed by atoms with Crippen molar-refractivity contribution in [3.8, 4) is 22.5 Å². The molecule has 0 N–H and O–H groups in total. The quantitative estimate of drug-likeness (QED) is 0.117. The van der Waals surface area contributed by atoms with Crippen molar-refractivity contribution in [1.82, 2.24) is 9.13 Å². The van der Waals surface area contributed by atoms with Crippen LogP contribution in [0.5, 0.6) is 0 Å². The lowest BCUT2D eigenvalue weighted by Gasteiger charge is -2.34. The van der Waals surface area contributed by atoms with Crippen LogP contribution in [0.3, 0.4) is 0 Å². The molecule has 0 amide bonds. The van der Waals surface area contributed by atoms with Crippen molar-refractivity contribution in [2.75, 3.05) is 0 Å². The molecule has 0 saturated carbocycles. The highest BCUT2D eigenvalue weighted by Gasteiger charge is 2.41. The Bertz CT molecular complexity index is 3410. The lowest BCUT2D eigenvalue weighted by molar-refractivity contribution is 0.673. The number of aromatic nitrogens is 2. The van der Waals surface area contributed by atoms with Crippen LogP contribution in [0.1, 0.15) is 0 Å². The smallest absolute Gasteiger partial charge is 0.179 e. The molecule has 12 aromatic rings. The first-order valence-corrected chi connectivity index (χ1v) is 22.6. The van der Waals surface area contributed by atoms with Crippen LogP contribution in [0.15, 0.2) is 235 Å². The van der Waals surface area contributed by atoms with Crippen LogP contribution < -0.4 is 20.7 Å². The molecule has 0 spiro atoms. The molecule has 3 aromatic heterocycles. The fourth-order valence-electron chi connectivity index (χ4n) is 9.84. The minimum Gasteiger partial charge on any atom is -0.454 e. The number of furan rings is 1. The van der Waals surface area contributed by atoms with Crippen LogP contribution in [0.25, 0.3) is 77.3 Å². The monoisotopic (exact) mass is 782 g/mol. The van der Waals surface area contributed by atoms with Gasteiger partial charge in [-0.3, -0.25) is 0 Å². The van der Waals surface area contributed by atoms with Gasteiger partial charge >= 0.3 is 0 Å². The zero-order chi connectivity index (χ0) is 39.6. The normalized spacial score (nSPS) is 12.0. The summed E-state index contributed by atoms with van der Waals surface area (Å²) in [6.07, 6.45) is 0. The third-order valence-electron chi connectivity index (χ3n) is 12.5. The number of fused-ring (bicyclic) bond motifs is 8. The van der Waals surface area contributed by atoms with Gasteiger partial charge in [-0.2, -0.15) is 0 Å². The SMILES string of the molecule is c1ccc([Si](c2ccccc2)(c2ccccc2)c2ccc(-n3c4ccccc4c4ccc(-c5ccc(-n6c7ccccc7c7oc8ccccc8c76)cc5)cc43)cc2)cc1. The van der Waals surface area contributed by atoms with Crippen molar-refractivity contribution in [2.24, 2.45) is 0 Å². The van der Waals surface area contributed by atoms with E-state index in [4.69, 9.17) is 4.42 Å². The summed E-state index contributed by atoms with van der Waals surface area (Å²) in [6.45, 7) is 0. The Balaban J connectivity index is 0.993. The molecule has 0 atom stereocenters. The van der Waals surface area contributed by atoms with Gasteiger partial charge in [-0.25, -0.2) is 0 Å². The van der Waals surface area contributed by atoms with Gasteiger partial charge in [-0.1, -0.05) is 170 Å². The average molecular weight is 783 g/mol. The zero-order valence-electron chi connectivity index (χ0n) is 32.7. The van der Waals surface area contributed by atoms with Crippen molar-refractivity contribution in [3.05, 3.63) is 231 Å². The highest BCUT2D eigenvalue weighted by Crippen LogP contribution is 2.40. The Morgan fingerprint density at radius 3 is 1.40 bits per heavy atom. The molecule has 4 heteroatoms. The first-order valence-electron chi connectivity index (χ1n) is 20.6. The highest BCUT2D eigenvalue weighted by molar-refractivity contribution is 7.19. The Labute approximate surface area is 348 Å². The molecular formula is C56H38N2OSi. The zero-order valence-corrected chi connectivity index (χ0v) is 33.7. The van der Waals surface area contributed by atoms with Gasteiger partial charge in [-0.05, 0) is 92.5 Å². The van der Waals surface area contributed by atoms with Crippen molar-refractivity contribution < 1.29 is 4.42 Å². The van der Waals surface area contributed by atoms with Gasteiger partial charge < -0.3 is 13.6 Å². The standard InChI is InChI=1S/C56H38N2OSi/c1-4-16-43(17-5-1)60(44-18-6-2-7-19-44,45-20-8-3-9-21-45)46-35-33-41(34-36-46)57-51-25-13-10-22-47(51)48-37-30-40(38-53(48)57)39-28-31-42(32-29-39)58-52-26-14-11-23-49(52)56-55(58)50-24-12-15-27-54(50)59-56/h1-38H. The minimum atomic E-state index is -2.65. The van der Waals surface area contributed by atoms with E-state index in [9.17, 15) is 0 Å². The molecule has 0 aliphatic rings. The van der Waals surface area contributed by atoms with E-state index < -0.39 is 8.07 Å². The van der Waals surface area contributed by atoms with Crippen LogP contribution in [0, 0.1) is 0 Å². The summed E-state index contributed by atoms with van der Waals surface area (Å²) in [6, 6.07) is 84.4. The molecule has 3 heterocycles. The van der Waals surface area contributed by atoms with Crippen molar-refractivity contribution in [3.63, 3.8) is 0 Å². The summed E-state index contributed by atoms with van der Waals surface area (Å²) in [5.41, 5.74) is 11.0. The Morgan fingerprint density at radius 1 is 0.317 bits per heavy atom. The lowest BCUT2D eigenvalue weighted by atomic mass is 10.0. The Kier molecular flexibility index (Phi) is 7.87. The van der Waals surface area contributed by atoms with E-state index in [0.29, 0.717) is 0 Å². The second kappa shape index (κ2) is 13.7. The van der Waals surface area contributed by atoms with Crippen LogP contribution in [0.4, 0.5) is 0 Å². The maximum absolute atomic E-state index is 6.44. The molecule has 282 valence electrons. The Hall–Kier alpha value is -7.66. The van der Waals surface area contributed by atoms with Gasteiger partial charge in [-0.15, -0.1) is 0 Å². The van der Waals surface area contributed by atoms with E-state index >= 15 is 0 Å². The van der Waals surface area contributed by atoms with Crippen molar-refractivity contribution in [2.45, 2.75) is 0 Å². The largest absolute Gasteiger partial charge is 0.454 e. The van der Waals surface area contributed by atoms with Gasteiger partial charge in [0.15, 0.2) is 13.7 Å². The number of hydrogen-bond donors (Lipinski definition) is 0. The number of para-hydroxylation sites is 3. The van der Waals surface area contributed by atoms with Crippen LogP contribution in [0.2, 0.25) is 0 Å². The molecule has 0 unspecified atom stereocenters. The molecule has 0 saturated heterocycles. The van der Waals surface area contributed by atoms with Crippen molar-refractivity contribution >= 4 is 83.6 Å². The summed E-state index contributed by atoms with van der Waals surface area (Å²) in [5.74, 6) is 0. The summed E-state index contributed by atoms with van der Waals surface area (Å²) in [7, 11) is -2.65. The summed E-state index contributed by atoms with van der Waals surface area (Å²) in [4.78, 5) is 0. The molecule has 60 heavy (non-hydrogen) atoms. The molecule has 0 bridgehead atoms. The number of rotatable bonds is 7. The van der Waals surface area contributed by atoms with Gasteiger partial charge in [0, 0.05) is 32.9 Å². The van der Waals surface area contributed by atoms with Crippen LogP contribution in [-0.2, 0) is 0 Å². The third-order valence-corrected chi connectivity index (χ3v) is 17.3.